The molecule has 0 atom stereocenters. The minimum atomic E-state index is -4.61. The van der Waals surface area contributed by atoms with Crippen LogP contribution in [0.4, 0.5) is 18.9 Å². The van der Waals surface area contributed by atoms with Crippen LogP contribution >= 0.6 is 0 Å². The third-order valence-corrected chi connectivity index (χ3v) is 5.27. The second kappa shape index (κ2) is 7.56. The number of carbonyl (C=O) groups excluding carboxylic acids is 1. The Morgan fingerprint density at radius 2 is 1.96 bits per heavy atom. The van der Waals surface area contributed by atoms with E-state index >= 15 is 0 Å². The number of anilines is 1. The number of halogens is 3. The van der Waals surface area contributed by atoms with E-state index in [1.807, 2.05) is 0 Å². The third kappa shape index (κ3) is 4.77. The van der Waals surface area contributed by atoms with Crippen LogP contribution in [0.25, 0.3) is 0 Å². The largest absolute Gasteiger partial charge is 0.495 e. The molecule has 0 bridgehead atoms. The minimum absolute atomic E-state index is 0.0635. The molecule has 27 heavy (non-hydrogen) atoms. The monoisotopic (exact) mass is 406 g/mol. The zero-order valence-corrected chi connectivity index (χ0v) is 15.4. The van der Waals surface area contributed by atoms with Gasteiger partial charge < -0.3 is 10.1 Å². The number of aromatic nitrogens is 2. The van der Waals surface area contributed by atoms with Crippen LogP contribution in [-0.4, -0.2) is 49.6 Å². The van der Waals surface area contributed by atoms with E-state index in [9.17, 15) is 26.4 Å². The van der Waals surface area contributed by atoms with E-state index in [-0.39, 0.29) is 16.3 Å². The van der Waals surface area contributed by atoms with Crippen molar-refractivity contribution in [3.05, 3.63) is 36.2 Å². The van der Waals surface area contributed by atoms with Gasteiger partial charge in [-0.2, -0.15) is 18.3 Å². The van der Waals surface area contributed by atoms with Gasteiger partial charge in [-0.15, -0.1) is 0 Å². The van der Waals surface area contributed by atoms with Gasteiger partial charge in [-0.25, -0.2) is 12.7 Å². The molecule has 1 amide bonds. The Kier molecular flexibility index (Phi) is 5.80. The Labute approximate surface area is 153 Å². The summed E-state index contributed by atoms with van der Waals surface area (Å²) in [7, 11) is 0.289. The highest BCUT2D eigenvalue weighted by Crippen LogP contribution is 2.29. The van der Waals surface area contributed by atoms with Crippen LogP contribution in [0.5, 0.6) is 5.75 Å². The molecular formula is C15H17F3N4O4S. The summed E-state index contributed by atoms with van der Waals surface area (Å²) in [6, 6.07) is 4.63. The van der Waals surface area contributed by atoms with Gasteiger partial charge in [0.25, 0.3) is 0 Å². The molecule has 0 fully saturated rings. The molecular weight excluding hydrogens is 389 g/mol. The van der Waals surface area contributed by atoms with Gasteiger partial charge in [-0.05, 0) is 24.3 Å². The molecule has 1 N–H and O–H groups in total. The van der Waals surface area contributed by atoms with Crippen LogP contribution in [-0.2, 0) is 27.5 Å². The molecule has 0 unspecified atom stereocenters. The Balaban J connectivity index is 2.22. The Hall–Kier alpha value is -2.60. The van der Waals surface area contributed by atoms with Gasteiger partial charge in [-0.3, -0.25) is 9.48 Å². The van der Waals surface area contributed by atoms with Crippen molar-refractivity contribution in [2.24, 2.45) is 0 Å². The predicted molar refractivity (Wildman–Crippen MR) is 89.7 cm³/mol. The number of carbonyl (C=O) groups is 1. The lowest BCUT2D eigenvalue weighted by Gasteiger charge is -2.15. The second-order valence-electron chi connectivity index (χ2n) is 5.59. The van der Waals surface area contributed by atoms with E-state index in [0.717, 1.165) is 21.3 Å². The van der Waals surface area contributed by atoms with E-state index in [0.29, 0.717) is 0 Å². The van der Waals surface area contributed by atoms with Crippen molar-refractivity contribution in [2.75, 3.05) is 26.5 Å². The molecule has 0 radical (unpaired) electrons. The molecule has 2 aromatic rings. The van der Waals surface area contributed by atoms with Crippen LogP contribution in [0.1, 0.15) is 5.69 Å². The number of nitrogens with one attached hydrogen (secondary N) is 1. The average molecular weight is 406 g/mol. The third-order valence-electron chi connectivity index (χ3n) is 3.46. The normalized spacial score (nSPS) is 12.3. The lowest BCUT2D eigenvalue weighted by atomic mass is 10.3. The van der Waals surface area contributed by atoms with Crippen molar-refractivity contribution < 1.29 is 31.1 Å². The summed E-state index contributed by atoms with van der Waals surface area (Å²) in [4.78, 5) is 12.1. The van der Waals surface area contributed by atoms with Crippen molar-refractivity contribution >= 4 is 21.6 Å². The van der Waals surface area contributed by atoms with E-state index in [2.05, 4.69) is 10.4 Å². The number of rotatable bonds is 6. The number of benzene rings is 1. The maximum absolute atomic E-state index is 12.6. The molecule has 0 saturated heterocycles. The number of amides is 1. The highest BCUT2D eigenvalue weighted by molar-refractivity contribution is 7.89. The molecule has 0 aliphatic rings. The topological polar surface area (TPSA) is 93.5 Å². The summed E-state index contributed by atoms with van der Waals surface area (Å²) in [5, 5.41) is 5.70. The Morgan fingerprint density at radius 3 is 2.48 bits per heavy atom. The molecule has 12 heteroatoms. The second-order valence-corrected chi connectivity index (χ2v) is 7.75. The number of ether oxygens (including phenoxy) is 1. The average Bonchev–Trinajstić information content (AvgIpc) is 3.03. The standard InChI is InChI=1S/C15H17F3N4O4S/c1-21(2)27(24,25)10-4-5-12(26-3)11(8-10)19-14(23)9-22-7-6-13(20-22)15(16,17)18/h4-8H,9H2,1-3H3,(H,19,23). The summed E-state index contributed by atoms with van der Waals surface area (Å²) in [6.45, 7) is -0.496. The molecule has 148 valence electrons. The highest BCUT2D eigenvalue weighted by Gasteiger charge is 2.33. The number of methoxy groups -OCH3 is 1. The lowest BCUT2D eigenvalue weighted by Crippen LogP contribution is -2.23. The quantitative estimate of drug-likeness (QED) is 0.790. The van der Waals surface area contributed by atoms with Gasteiger partial charge in [0.2, 0.25) is 15.9 Å². The Bertz CT molecular complexity index is 939. The summed E-state index contributed by atoms with van der Waals surface area (Å²) < 4.78 is 69.0. The summed E-state index contributed by atoms with van der Waals surface area (Å²) >= 11 is 0. The zero-order chi connectivity index (χ0) is 20.4. The van der Waals surface area contributed by atoms with Crippen molar-refractivity contribution in [2.45, 2.75) is 17.6 Å². The lowest BCUT2D eigenvalue weighted by molar-refractivity contribution is -0.141. The van der Waals surface area contributed by atoms with Gasteiger partial charge in [0.15, 0.2) is 5.69 Å². The van der Waals surface area contributed by atoms with Gasteiger partial charge in [0.05, 0.1) is 17.7 Å². The molecule has 2 rings (SSSR count). The Morgan fingerprint density at radius 1 is 1.30 bits per heavy atom. The van der Waals surface area contributed by atoms with Crippen molar-refractivity contribution in [3.8, 4) is 5.75 Å². The van der Waals surface area contributed by atoms with Crippen LogP contribution < -0.4 is 10.1 Å². The van der Waals surface area contributed by atoms with Crippen molar-refractivity contribution in [1.29, 1.82) is 0 Å². The van der Waals surface area contributed by atoms with E-state index in [1.165, 1.54) is 39.4 Å². The van der Waals surface area contributed by atoms with Gasteiger partial charge in [0.1, 0.15) is 12.3 Å². The van der Waals surface area contributed by atoms with Gasteiger partial charge in [0, 0.05) is 20.3 Å². The van der Waals surface area contributed by atoms with Crippen LogP contribution in [0.2, 0.25) is 0 Å². The van der Waals surface area contributed by atoms with Crippen LogP contribution in [0, 0.1) is 0 Å². The molecule has 0 aliphatic heterocycles. The smallest absolute Gasteiger partial charge is 0.435 e. The van der Waals surface area contributed by atoms with Crippen molar-refractivity contribution in [3.63, 3.8) is 0 Å². The number of hydrogen-bond donors (Lipinski definition) is 1. The molecule has 0 spiro atoms. The van der Waals surface area contributed by atoms with Gasteiger partial charge >= 0.3 is 6.18 Å². The number of sulfonamides is 1. The highest BCUT2D eigenvalue weighted by atomic mass is 32.2. The molecule has 1 heterocycles. The number of alkyl halides is 3. The van der Waals surface area contributed by atoms with E-state index in [4.69, 9.17) is 4.74 Å². The molecule has 1 aromatic heterocycles. The fourth-order valence-electron chi connectivity index (χ4n) is 2.09. The predicted octanol–water partition coefficient (Wildman–Crippen LogP) is 1.80. The molecule has 0 aliphatic carbocycles. The molecule has 1 aromatic carbocycles. The summed E-state index contributed by atoms with van der Waals surface area (Å²) in [5.41, 5.74) is -1.06. The summed E-state index contributed by atoms with van der Waals surface area (Å²) in [6.07, 6.45) is -3.59. The number of hydrogen-bond acceptors (Lipinski definition) is 5. The summed E-state index contributed by atoms with van der Waals surface area (Å²) in [5.74, 6) is -0.512. The van der Waals surface area contributed by atoms with Crippen molar-refractivity contribution in [1.82, 2.24) is 14.1 Å². The first-order valence-electron chi connectivity index (χ1n) is 7.46. The van der Waals surface area contributed by atoms with Crippen LogP contribution in [0.15, 0.2) is 35.4 Å². The SMILES string of the molecule is COc1ccc(S(=O)(=O)N(C)C)cc1NC(=O)Cn1ccc(C(F)(F)F)n1. The first-order valence-corrected chi connectivity index (χ1v) is 8.90. The maximum atomic E-state index is 12.6. The zero-order valence-electron chi connectivity index (χ0n) is 14.6. The first-order chi connectivity index (χ1) is 12.4. The fraction of sp³-hybridized carbons (Fsp3) is 0.333. The molecule has 8 nitrogen and oxygen atoms in total. The van der Waals surface area contributed by atoms with E-state index in [1.54, 1.807) is 0 Å². The fourth-order valence-corrected chi connectivity index (χ4v) is 3.02. The van der Waals surface area contributed by atoms with Gasteiger partial charge in [-0.1, -0.05) is 0 Å². The first kappa shape index (κ1) is 20.7. The number of nitrogens with zero attached hydrogens (tertiary/aromatic N) is 3. The minimum Gasteiger partial charge on any atom is -0.495 e. The maximum Gasteiger partial charge on any atom is 0.435 e. The molecule has 0 saturated carbocycles. The van der Waals surface area contributed by atoms with Crippen LogP contribution in [0.3, 0.4) is 0 Å². The van der Waals surface area contributed by atoms with E-state index < -0.39 is 34.3 Å².